The second-order valence-corrected chi connectivity index (χ2v) is 20.8. The lowest BCUT2D eigenvalue weighted by atomic mass is 9.55. The molecule has 6 rings (SSSR count). The van der Waals surface area contributed by atoms with Crippen molar-refractivity contribution >= 4 is 23.4 Å². The number of unbranched alkanes of at least 4 members (excludes halogenated alkanes) is 10. The van der Waals surface area contributed by atoms with Gasteiger partial charge in [-0.25, -0.2) is 9.18 Å². The molecule has 1 saturated carbocycles. The minimum atomic E-state index is -1.51. The lowest BCUT2D eigenvalue weighted by Crippen LogP contribution is -2.70. The Kier molecular flexibility index (Phi) is 21.6. The van der Waals surface area contributed by atoms with E-state index in [0.717, 1.165) is 61.6 Å². The van der Waals surface area contributed by atoms with Gasteiger partial charge in [-0.2, -0.15) is 0 Å². The van der Waals surface area contributed by atoms with E-state index in [-0.39, 0.29) is 68.0 Å². The van der Waals surface area contributed by atoms with Crippen molar-refractivity contribution in [2.24, 2.45) is 22.9 Å². The minimum absolute atomic E-state index is 0.0139. The summed E-state index contributed by atoms with van der Waals surface area (Å²) in [6, 6.07) is 15.9. The maximum Gasteiger partial charge on any atom is 0.417 e. The first-order chi connectivity index (χ1) is 35.3. The molecule has 0 saturated heterocycles. The highest BCUT2D eigenvalue weighted by molar-refractivity contribution is 6.03. The van der Waals surface area contributed by atoms with Crippen LogP contribution in [0.25, 0.3) is 0 Å². The number of nitrogens with zero attached hydrogens (tertiary/aromatic N) is 2. The number of halogens is 1. The van der Waals surface area contributed by atoms with Gasteiger partial charge in [-0.15, -0.1) is 6.58 Å². The van der Waals surface area contributed by atoms with E-state index in [4.69, 9.17) is 33.7 Å². The zero-order chi connectivity index (χ0) is 52.4. The molecule has 73 heavy (non-hydrogen) atoms. The molecule has 2 amide bonds. The van der Waals surface area contributed by atoms with Crippen molar-refractivity contribution in [2.75, 3.05) is 39.4 Å². The smallest absolute Gasteiger partial charge is 0.417 e. The van der Waals surface area contributed by atoms with Crippen LogP contribution in [0.4, 0.5) is 14.9 Å². The first kappa shape index (κ1) is 56.8. The Morgan fingerprint density at radius 3 is 2.22 bits per heavy atom. The van der Waals surface area contributed by atoms with Crippen molar-refractivity contribution in [3.63, 3.8) is 0 Å². The highest BCUT2D eigenvalue weighted by Gasteiger charge is 2.65. The van der Waals surface area contributed by atoms with Crippen molar-refractivity contribution in [1.82, 2.24) is 4.90 Å². The monoisotopic (exact) mass is 1010 g/mol. The van der Waals surface area contributed by atoms with Gasteiger partial charge in [-0.3, -0.25) is 10.1 Å². The molecule has 6 atom stereocenters. The zero-order valence-corrected chi connectivity index (χ0v) is 44.3. The van der Waals surface area contributed by atoms with Crippen LogP contribution < -0.4 is 24.3 Å². The van der Waals surface area contributed by atoms with Gasteiger partial charge in [-0.05, 0) is 118 Å². The van der Waals surface area contributed by atoms with Crippen LogP contribution in [-0.2, 0) is 20.9 Å². The van der Waals surface area contributed by atoms with Crippen molar-refractivity contribution in [3.05, 3.63) is 102 Å². The van der Waals surface area contributed by atoms with Crippen molar-refractivity contribution in [3.8, 4) is 23.0 Å². The van der Waals surface area contributed by atoms with E-state index in [2.05, 4.69) is 24.9 Å². The van der Waals surface area contributed by atoms with Crippen molar-refractivity contribution < 1.29 is 52.7 Å². The van der Waals surface area contributed by atoms with E-state index in [1.165, 1.54) is 51.3 Å². The number of allylic oxidation sites excluding steroid dienone is 1. The summed E-state index contributed by atoms with van der Waals surface area (Å²) in [4.78, 5) is 37.2. The normalized spacial score (nSPS) is 21.5. The number of hydrogen-bond acceptors (Lipinski definition) is 11. The Labute approximate surface area is 433 Å². The average molecular weight is 1010 g/mol. The van der Waals surface area contributed by atoms with Gasteiger partial charge in [0.15, 0.2) is 0 Å². The van der Waals surface area contributed by atoms with E-state index >= 15 is 4.79 Å². The summed E-state index contributed by atoms with van der Waals surface area (Å²) in [7, 11) is 3.06. The molecule has 14 heteroatoms. The summed E-state index contributed by atoms with van der Waals surface area (Å²) in [6.07, 6.45) is 17.9. The quantitative estimate of drug-likeness (QED) is 0.0347. The Morgan fingerprint density at radius 1 is 0.877 bits per heavy atom. The Bertz CT molecular complexity index is 2310. The summed E-state index contributed by atoms with van der Waals surface area (Å²) in [5.41, 5.74) is 2.84. The molecule has 0 aromatic heterocycles. The number of anilines is 1. The third-order valence-electron chi connectivity index (χ3n) is 14.4. The van der Waals surface area contributed by atoms with Gasteiger partial charge in [0, 0.05) is 50.1 Å². The number of methoxy groups -OCH3 is 2. The number of amides is 2. The molecule has 0 radical (unpaired) electrons. The maximum atomic E-state index is 15.2. The second-order valence-electron chi connectivity index (χ2n) is 20.8. The van der Waals surface area contributed by atoms with Crippen molar-refractivity contribution in [2.45, 2.75) is 167 Å². The number of aliphatic hydroxyl groups excluding tert-OH is 2. The minimum Gasteiger partial charge on any atom is -0.497 e. The fourth-order valence-corrected chi connectivity index (χ4v) is 10.9. The van der Waals surface area contributed by atoms with Crippen LogP contribution in [0.5, 0.6) is 23.0 Å². The molecule has 1 aliphatic heterocycles. The molecule has 0 unspecified atom stereocenters. The van der Waals surface area contributed by atoms with Gasteiger partial charge >= 0.3 is 6.09 Å². The lowest BCUT2D eigenvalue weighted by molar-refractivity contribution is -0.258. The number of carbonyl (C=O) groups is 2. The number of aliphatic hydroxyl groups is 2. The fourth-order valence-electron chi connectivity index (χ4n) is 10.9. The number of benzene rings is 3. The average Bonchev–Trinajstić information content (AvgIpc) is 3.37. The largest absolute Gasteiger partial charge is 0.497 e. The van der Waals surface area contributed by atoms with Crippen molar-refractivity contribution in [1.29, 1.82) is 0 Å². The third-order valence-corrected chi connectivity index (χ3v) is 14.4. The van der Waals surface area contributed by atoms with Crippen LogP contribution in [0.2, 0.25) is 0 Å². The van der Waals surface area contributed by atoms with Crippen LogP contribution in [0.1, 0.15) is 154 Å². The number of ether oxygens (including phenoxy) is 5. The Hall–Kier alpha value is -5.44. The van der Waals surface area contributed by atoms with Crippen LogP contribution in [0, 0.1) is 23.6 Å². The molecule has 400 valence electrons. The van der Waals surface area contributed by atoms with Gasteiger partial charge in [0.25, 0.3) is 0 Å². The van der Waals surface area contributed by atoms with E-state index in [9.17, 15) is 19.4 Å². The number of rotatable bonds is 29. The van der Waals surface area contributed by atoms with E-state index in [1.54, 1.807) is 49.6 Å². The van der Waals surface area contributed by atoms with Crippen LogP contribution in [-0.4, -0.2) is 84.3 Å². The molecular weight excluding hydrogens is 930 g/mol. The highest BCUT2D eigenvalue weighted by Crippen LogP contribution is 2.62. The van der Waals surface area contributed by atoms with Crippen LogP contribution in [0.15, 0.2) is 90.1 Å². The predicted octanol–water partition coefficient (Wildman–Crippen LogP) is 12.8. The Morgan fingerprint density at radius 2 is 1.56 bits per heavy atom. The van der Waals surface area contributed by atoms with Crippen LogP contribution >= 0.6 is 0 Å². The van der Waals surface area contributed by atoms with Gasteiger partial charge < -0.3 is 43.6 Å². The first-order valence-corrected chi connectivity index (χ1v) is 26.8. The molecule has 3 aromatic carbocycles. The fraction of sp³-hybridized carbons (Fsp3) is 0.576. The predicted molar refractivity (Wildman–Crippen MR) is 284 cm³/mol. The SMILES string of the molecule is C=CCO[C@@]12Oc3ccc(OC(=O)Nc4ccc(OC)cc4OC)cc3[C@H]3[C@H](CCCCO)[C@@H](CCCCO)C=C(C(=NOC(C)(C)C)C[C@@H]1N(Cc1ccc(F)cc1)C(=O)CCCCCCCCCCC)[C@H]32. The summed E-state index contributed by atoms with van der Waals surface area (Å²) in [5, 5.41) is 27.9. The standard InChI is InChI=1S/C59H82FN3O10/c1-8-10-11-12-13-14-15-16-17-24-54(66)63(40-41-25-27-43(60)28-26-41)53-39-50(62-73-58(3,4)5)47-36-42(22-18-20-33-64)46(23-19-21-34-65)55-48-37-45(30-32-51(48)72-59(53,56(47)55)70-35-9-2)71-57(67)61-49-31-29-44(68-6)38-52(49)69-7/h9,25-32,36-38,42,46,53,55-56,64-65H,2,8,10-24,33-35,39-40H2,1,3-7H3,(H,61,67)/t42-,46+,53-,55+,56+,59+/m0/s1. The summed E-state index contributed by atoms with van der Waals surface area (Å²) in [5.74, 6) is -1.23. The van der Waals surface area contributed by atoms with E-state index in [0.29, 0.717) is 54.3 Å². The second kappa shape index (κ2) is 27.7. The summed E-state index contributed by atoms with van der Waals surface area (Å²) < 4.78 is 46.1. The van der Waals surface area contributed by atoms with E-state index < -0.39 is 29.4 Å². The van der Waals surface area contributed by atoms with E-state index in [1.807, 2.05) is 37.8 Å². The lowest BCUT2D eigenvalue weighted by Gasteiger charge is -2.60. The van der Waals surface area contributed by atoms with Gasteiger partial charge in [0.05, 0.1) is 38.1 Å². The number of carbonyl (C=O) groups excluding carboxylic acids is 2. The molecule has 2 aliphatic carbocycles. The first-order valence-electron chi connectivity index (χ1n) is 26.8. The summed E-state index contributed by atoms with van der Waals surface area (Å²) in [6.45, 7) is 12.5. The van der Waals surface area contributed by atoms with Gasteiger partial charge in [0.2, 0.25) is 11.7 Å². The molecule has 0 bridgehead atoms. The number of nitrogens with one attached hydrogen (secondary N) is 1. The zero-order valence-electron chi connectivity index (χ0n) is 44.3. The molecule has 3 aliphatic rings. The number of fused-ring (bicyclic) bond motifs is 2. The maximum absolute atomic E-state index is 15.2. The number of oxime groups is 1. The molecule has 0 spiro atoms. The van der Waals surface area contributed by atoms with Gasteiger partial charge in [-0.1, -0.05) is 101 Å². The molecule has 1 heterocycles. The summed E-state index contributed by atoms with van der Waals surface area (Å²) >= 11 is 0. The molecule has 1 fully saturated rings. The topological polar surface area (TPSA) is 158 Å². The van der Waals surface area contributed by atoms with Gasteiger partial charge in [0.1, 0.15) is 40.5 Å². The molecule has 13 nitrogen and oxygen atoms in total. The number of hydrogen-bond donors (Lipinski definition) is 3. The molecular formula is C59H82FN3O10. The molecule has 3 N–H and O–H groups in total. The Balaban J connectivity index is 1.50. The van der Waals surface area contributed by atoms with Crippen LogP contribution in [0.3, 0.4) is 0 Å². The third kappa shape index (κ3) is 15.1. The molecule has 3 aromatic rings. The highest BCUT2D eigenvalue weighted by atomic mass is 19.1.